The second kappa shape index (κ2) is 15.2. The van der Waals surface area contributed by atoms with E-state index in [-0.39, 0.29) is 35.3 Å². The molecule has 6 rings (SSSR count). The molecule has 1 saturated carbocycles. The summed E-state index contributed by atoms with van der Waals surface area (Å²) in [4.78, 5) is 29.2. The van der Waals surface area contributed by atoms with Gasteiger partial charge in [0.15, 0.2) is 0 Å². The number of hydrogen-bond acceptors (Lipinski definition) is 7. The summed E-state index contributed by atoms with van der Waals surface area (Å²) >= 11 is 6.46. The highest BCUT2D eigenvalue weighted by Gasteiger charge is 2.50. The topological polar surface area (TPSA) is 125 Å². The van der Waals surface area contributed by atoms with Gasteiger partial charge in [-0.1, -0.05) is 55.6 Å². The highest BCUT2D eigenvalue weighted by Crippen LogP contribution is 2.49. The van der Waals surface area contributed by atoms with Crippen molar-refractivity contribution in [1.29, 1.82) is 0 Å². The van der Waals surface area contributed by atoms with Gasteiger partial charge in [-0.05, 0) is 118 Å². The Morgan fingerprint density at radius 2 is 1.84 bits per heavy atom. The van der Waals surface area contributed by atoms with Crippen molar-refractivity contribution in [2.45, 2.75) is 88.3 Å². The van der Waals surface area contributed by atoms with Crippen LogP contribution in [0.25, 0.3) is 0 Å². The number of aliphatic hydroxyl groups excluding tert-OH is 1. The molecule has 3 aromatic rings. The maximum Gasteiger partial charge on any atom is 0.264 e. The van der Waals surface area contributed by atoms with Crippen molar-refractivity contribution < 1.29 is 27.9 Å². The Balaban J connectivity index is 1.37. The number of sulfonamides is 1. The number of carbonyl (C=O) groups excluding carboxylic acids is 2. The lowest BCUT2D eigenvalue weighted by Gasteiger charge is -2.52. The molecule has 0 aromatic heterocycles. The molecule has 1 spiro atoms. The van der Waals surface area contributed by atoms with E-state index >= 15 is 0 Å². The van der Waals surface area contributed by atoms with Crippen LogP contribution in [0.3, 0.4) is 0 Å². The van der Waals surface area contributed by atoms with Crippen molar-refractivity contribution >= 4 is 39.1 Å². The zero-order valence-corrected chi connectivity index (χ0v) is 31.4. The van der Waals surface area contributed by atoms with Crippen molar-refractivity contribution in [3.63, 3.8) is 0 Å². The van der Waals surface area contributed by atoms with Gasteiger partial charge in [-0.15, -0.1) is 0 Å². The smallest absolute Gasteiger partial charge is 0.264 e. The third-order valence-electron chi connectivity index (χ3n) is 11.4. The van der Waals surface area contributed by atoms with E-state index in [9.17, 15) is 23.1 Å². The SMILES string of the molecule is CCCC[C@](CO)(NC(=O)c1ccccc1)[C@@H]1CC[C@H]1CN1C[C@@]2(CCCc3cc(Cl)ccc32)COc2ccc(C(=O)NS(=O)(=O)C(C)C)cc21. The molecule has 9 nitrogen and oxygen atoms in total. The third-order valence-corrected chi connectivity index (χ3v) is 13.3. The minimum Gasteiger partial charge on any atom is -0.490 e. The number of unbranched alkanes of at least 4 members (excludes halogenated alkanes) is 1. The fourth-order valence-electron chi connectivity index (χ4n) is 8.32. The zero-order chi connectivity index (χ0) is 36.4. The van der Waals surface area contributed by atoms with Gasteiger partial charge in [0.05, 0.1) is 29.7 Å². The van der Waals surface area contributed by atoms with Crippen LogP contribution in [0.5, 0.6) is 5.75 Å². The molecule has 51 heavy (non-hydrogen) atoms. The van der Waals surface area contributed by atoms with Gasteiger partial charge in [-0.25, -0.2) is 13.1 Å². The van der Waals surface area contributed by atoms with Gasteiger partial charge in [0.25, 0.3) is 11.8 Å². The zero-order valence-electron chi connectivity index (χ0n) is 29.8. The highest BCUT2D eigenvalue weighted by molar-refractivity contribution is 7.90. The number of hydrogen-bond donors (Lipinski definition) is 3. The standard InChI is InChI=1S/C40H50ClN3O6S/c1-4-5-20-40(25-45,42-37(46)28-10-7-6-8-11-28)34-16-13-31(34)23-44-24-39(19-9-12-29-21-32(41)15-17-33(29)39)26-50-36-18-14-30(22-35(36)44)38(47)43-51(48,49)27(2)3/h6-8,10-11,14-15,17-18,21-22,27,31,34,45H,4-5,9,12-13,16,19-20,23-26H2,1-3H3,(H,42,46)(H,43,47)/t31-,34+,39-,40+/m0/s1. The predicted molar refractivity (Wildman–Crippen MR) is 201 cm³/mol. The van der Waals surface area contributed by atoms with Gasteiger partial charge >= 0.3 is 0 Å². The molecule has 1 aliphatic heterocycles. The number of amides is 2. The van der Waals surface area contributed by atoms with Gasteiger partial charge in [0, 0.05) is 34.7 Å². The minimum atomic E-state index is -3.84. The molecule has 274 valence electrons. The van der Waals surface area contributed by atoms with E-state index in [1.165, 1.54) is 25.0 Å². The fourth-order valence-corrected chi connectivity index (χ4v) is 9.12. The van der Waals surface area contributed by atoms with Gasteiger partial charge in [0.1, 0.15) is 5.75 Å². The Hall–Kier alpha value is -3.60. The summed E-state index contributed by atoms with van der Waals surface area (Å²) in [6, 6.07) is 20.4. The van der Waals surface area contributed by atoms with Crippen molar-refractivity contribution in [1.82, 2.24) is 10.0 Å². The number of aliphatic hydroxyl groups is 1. The first-order chi connectivity index (χ1) is 24.4. The van der Waals surface area contributed by atoms with Crippen LogP contribution < -0.4 is 19.7 Å². The maximum absolute atomic E-state index is 13.6. The van der Waals surface area contributed by atoms with Gasteiger partial charge in [-0.2, -0.15) is 0 Å². The van der Waals surface area contributed by atoms with E-state index in [4.69, 9.17) is 16.3 Å². The van der Waals surface area contributed by atoms with Crippen LogP contribution in [0.4, 0.5) is 5.69 Å². The maximum atomic E-state index is 13.6. The van der Waals surface area contributed by atoms with Crippen molar-refractivity contribution in [2.75, 3.05) is 31.2 Å². The molecule has 2 amide bonds. The normalized spacial score (nSPS) is 22.5. The number of carbonyl (C=O) groups is 2. The third kappa shape index (κ3) is 7.64. The van der Waals surface area contributed by atoms with E-state index in [1.807, 2.05) is 24.3 Å². The molecule has 2 aliphatic carbocycles. The Labute approximate surface area is 307 Å². The summed E-state index contributed by atoms with van der Waals surface area (Å²) in [5.41, 5.74) is 2.80. The summed E-state index contributed by atoms with van der Waals surface area (Å²) in [5, 5.41) is 14.3. The van der Waals surface area contributed by atoms with Gasteiger partial charge in [-0.3, -0.25) is 9.59 Å². The number of anilines is 1. The second-order valence-corrected chi connectivity index (χ2v) is 17.7. The first kappa shape index (κ1) is 37.2. The average molecular weight is 736 g/mol. The van der Waals surface area contributed by atoms with Crippen molar-refractivity contribution in [3.8, 4) is 5.75 Å². The van der Waals surface area contributed by atoms with E-state index in [2.05, 4.69) is 34.0 Å². The Morgan fingerprint density at radius 1 is 1.06 bits per heavy atom. The number of benzene rings is 3. The highest BCUT2D eigenvalue weighted by atomic mass is 35.5. The van der Waals surface area contributed by atoms with E-state index in [0.29, 0.717) is 42.5 Å². The van der Waals surface area contributed by atoms with Crippen LogP contribution in [-0.2, 0) is 21.9 Å². The number of aryl methyl sites for hydroxylation is 1. The Morgan fingerprint density at radius 3 is 2.53 bits per heavy atom. The molecular weight excluding hydrogens is 686 g/mol. The lowest BCUT2D eigenvalue weighted by atomic mass is 9.61. The molecule has 11 heteroatoms. The average Bonchev–Trinajstić information content (AvgIpc) is 3.25. The van der Waals surface area contributed by atoms with Crippen LogP contribution in [0.1, 0.15) is 97.6 Å². The van der Waals surface area contributed by atoms with Crippen molar-refractivity contribution in [2.24, 2.45) is 11.8 Å². The largest absolute Gasteiger partial charge is 0.490 e. The molecule has 0 radical (unpaired) electrons. The molecule has 3 N–H and O–H groups in total. The lowest BCUT2D eigenvalue weighted by Crippen LogP contribution is -2.62. The molecule has 0 bridgehead atoms. The summed E-state index contributed by atoms with van der Waals surface area (Å²) in [5.74, 6) is -0.107. The number of halogens is 1. The van der Waals surface area contributed by atoms with Crippen molar-refractivity contribution in [3.05, 3.63) is 94.0 Å². The number of rotatable bonds is 12. The summed E-state index contributed by atoms with van der Waals surface area (Å²) < 4.78 is 34.1. The molecule has 0 unspecified atom stereocenters. The molecule has 0 saturated heterocycles. The van der Waals surface area contributed by atoms with E-state index in [0.717, 1.165) is 50.6 Å². The molecule has 4 atom stereocenters. The molecule has 1 fully saturated rings. The number of nitrogens with zero attached hydrogens (tertiary/aromatic N) is 1. The van der Waals surface area contributed by atoms with Crippen LogP contribution in [0, 0.1) is 11.8 Å². The number of nitrogens with one attached hydrogen (secondary N) is 2. The fraction of sp³-hybridized carbons (Fsp3) is 0.500. The quantitative estimate of drug-likeness (QED) is 0.190. The van der Waals surface area contributed by atoms with Crippen LogP contribution >= 0.6 is 11.6 Å². The molecule has 3 aliphatic rings. The number of fused-ring (bicyclic) bond motifs is 3. The molecule has 3 aromatic carbocycles. The second-order valence-electron chi connectivity index (χ2n) is 15.0. The van der Waals surface area contributed by atoms with E-state index < -0.39 is 26.7 Å². The monoisotopic (exact) mass is 735 g/mol. The van der Waals surface area contributed by atoms with Crippen LogP contribution in [0.15, 0.2) is 66.7 Å². The summed E-state index contributed by atoms with van der Waals surface area (Å²) in [6.45, 7) is 6.67. The minimum absolute atomic E-state index is 0.0189. The first-order valence-corrected chi connectivity index (χ1v) is 20.2. The lowest BCUT2D eigenvalue weighted by molar-refractivity contribution is 0.00788. The van der Waals surface area contributed by atoms with Gasteiger partial charge in [0.2, 0.25) is 10.0 Å². The molecule has 1 heterocycles. The predicted octanol–water partition coefficient (Wildman–Crippen LogP) is 6.66. The van der Waals surface area contributed by atoms with Crippen LogP contribution in [0.2, 0.25) is 5.02 Å². The Bertz CT molecular complexity index is 1850. The molecular formula is C40H50ClN3O6S. The summed E-state index contributed by atoms with van der Waals surface area (Å²) in [6.07, 6.45) is 7.05. The van der Waals surface area contributed by atoms with Crippen LogP contribution in [-0.4, -0.2) is 62.4 Å². The number of ether oxygens (including phenoxy) is 1. The summed E-state index contributed by atoms with van der Waals surface area (Å²) in [7, 11) is -3.84. The van der Waals surface area contributed by atoms with E-state index in [1.54, 1.807) is 30.3 Å². The van der Waals surface area contributed by atoms with Gasteiger partial charge < -0.3 is 20.1 Å². The first-order valence-electron chi connectivity index (χ1n) is 18.3. The Kier molecular flexibility index (Phi) is 11.1.